The number of aryl methyl sites for hydroxylation is 1. The van der Waals surface area contributed by atoms with E-state index in [0.717, 1.165) is 35.5 Å². The second-order valence-corrected chi connectivity index (χ2v) is 8.05. The van der Waals surface area contributed by atoms with E-state index >= 15 is 0 Å². The van der Waals surface area contributed by atoms with Gasteiger partial charge in [-0.25, -0.2) is 0 Å². The predicted molar refractivity (Wildman–Crippen MR) is 110 cm³/mol. The van der Waals surface area contributed by atoms with Gasteiger partial charge in [0.1, 0.15) is 5.76 Å². The van der Waals surface area contributed by atoms with Crippen molar-refractivity contribution in [1.29, 1.82) is 0 Å². The molecule has 0 saturated heterocycles. The number of H-pyrrole nitrogens is 1. The van der Waals surface area contributed by atoms with Gasteiger partial charge in [0.25, 0.3) is 0 Å². The number of nitrogens with zero attached hydrogens (tertiary/aromatic N) is 1. The van der Waals surface area contributed by atoms with Crippen LogP contribution in [0.15, 0.2) is 46.2 Å². The van der Waals surface area contributed by atoms with Crippen LogP contribution in [0.5, 0.6) is 0 Å². The number of allylic oxidation sites excluding steroid dienone is 3. The van der Waals surface area contributed by atoms with Gasteiger partial charge in [-0.05, 0) is 60.6 Å². The summed E-state index contributed by atoms with van der Waals surface area (Å²) in [5.41, 5.74) is 7.09. The van der Waals surface area contributed by atoms with Crippen molar-refractivity contribution in [3.05, 3.63) is 58.0 Å². The molecule has 1 aromatic heterocycles. The van der Waals surface area contributed by atoms with Crippen LogP contribution in [0, 0.1) is 18.8 Å². The van der Waals surface area contributed by atoms with Crippen LogP contribution >= 0.6 is 0 Å². The van der Waals surface area contributed by atoms with Gasteiger partial charge in [-0.2, -0.15) is 0 Å². The summed E-state index contributed by atoms with van der Waals surface area (Å²) >= 11 is 0. The topological polar surface area (TPSA) is 65.5 Å². The lowest BCUT2D eigenvalue weighted by Crippen LogP contribution is -2.29. The Kier molecular flexibility index (Phi) is 4.29. The van der Waals surface area contributed by atoms with Crippen LogP contribution < -0.4 is 0 Å². The van der Waals surface area contributed by atoms with Crippen LogP contribution in [0.4, 0.5) is 0 Å². The molecule has 1 aliphatic heterocycles. The monoisotopic (exact) mass is 362 g/mol. The normalized spacial score (nSPS) is 20.2. The number of nitrogens with one attached hydrogen (secondary N) is 1. The fourth-order valence-electron chi connectivity index (χ4n) is 4.47. The Morgan fingerprint density at radius 2 is 2.07 bits per heavy atom. The minimum atomic E-state index is -0.340. The molecule has 4 nitrogen and oxygen atoms in total. The molecule has 0 amide bonds. The molecule has 1 unspecified atom stereocenters. The summed E-state index contributed by atoms with van der Waals surface area (Å²) < 4.78 is 0. The highest BCUT2D eigenvalue weighted by molar-refractivity contribution is 6.10. The fraction of sp³-hybridized carbons (Fsp3) is 0.391. The second-order valence-electron chi connectivity index (χ2n) is 8.05. The third kappa shape index (κ3) is 2.93. The summed E-state index contributed by atoms with van der Waals surface area (Å²) in [6, 6.07) is 6.47. The van der Waals surface area contributed by atoms with Crippen molar-refractivity contribution in [3.8, 4) is 0 Å². The number of fused-ring (bicyclic) bond motifs is 3. The molecular formula is C23H26N2O2. The number of hydrogen-bond acceptors (Lipinski definition) is 3. The standard InChI is InChI=1S/C23H26N2O2/c1-12(2)21-17(23(27)14(4)10-20(21)26)11-19-22-16(7-8-24-19)15-6-5-13(3)9-18(15)25-22/h5-6,9-10,12,17,25-26H,7-8,11H2,1-4H3. The zero-order chi connectivity index (χ0) is 19.3. The van der Waals surface area contributed by atoms with E-state index in [9.17, 15) is 9.90 Å². The molecule has 1 aromatic carbocycles. The Morgan fingerprint density at radius 1 is 1.30 bits per heavy atom. The minimum Gasteiger partial charge on any atom is -0.508 e. The van der Waals surface area contributed by atoms with Crippen LogP contribution in [-0.2, 0) is 11.2 Å². The van der Waals surface area contributed by atoms with E-state index in [0.29, 0.717) is 12.0 Å². The first-order chi connectivity index (χ1) is 12.9. The number of aliphatic imine (C=N–C) groups is 1. The van der Waals surface area contributed by atoms with Gasteiger partial charge in [-0.3, -0.25) is 9.79 Å². The number of ketones is 1. The highest BCUT2D eigenvalue weighted by atomic mass is 16.3. The number of aromatic amines is 1. The molecule has 0 radical (unpaired) electrons. The van der Waals surface area contributed by atoms with Gasteiger partial charge in [0.15, 0.2) is 5.78 Å². The van der Waals surface area contributed by atoms with E-state index in [1.165, 1.54) is 16.5 Å². The van der Waals surface area contributed by atoms with E-state index in [1.54, 1.807) is 13.0 Å². The van der Waals surface area contributed by atoms with Gasteiger partial charge in [0.2, 0.25) is 0 Å². The maximum absolute atomic E-state index is 12.9. The lowest BCUT2D eigenvalue weighted by Gasteiger charge is -2.28. The molecule has 0 fully saturated rings. The summed E-state index contributed by atoms with van der Waals surface area (Å²) in [6.45, 7) is 8.67. The van der Waals surface area contributed by atoms with Gasteiger partial charge in [-0.15, -0.1) is 0 Å². The van der Waals surface area contributed by atoms with Gasteiger partial charge < -0.3 is 10.1 Å². The Bertz CT molecular complexity index is 1030. The quantitative estimate of drug-likeness (QED) is 0.822. The molecule has 1 atom stereocenters. The highest BCUT2D eigenvalue weighted by Crippen LogP contribution is 2.36. The molecule has 0 spiro atoms. The molecule has 27 heavy (non-hydrogen) atoms. The first-order valence-electron chi connectivity index (χ1n) is 9.67. The average Bonchev–Trinajstić information content (AvgIpc) is 2.97. The number of aliphatic hydroxyl groups is 1. The highest BCUT2D eigenvalue weighted by Gasteiger charge is 2.34. The van der Waals surface area contributed by atoms with Crippen molar-refractivity contribution in [2.75, 3.05) is 6.54 Å². The Labute approximate surface area is 159 Å². The Morgan fingerprint density at radius 3 is 2.81 bits per heavy atom. The Balaban J connectivity index is 1.75. The van der Waals surface area contributed by atoms with E-state index < -0.39 is 0 Å². The molecule has 4 rings (SSSR count). The van der Waals surface area contributed by atoms with Crippen LogP contribution in [0.25, 0.3) is 10.9 Å². The molecule has 2 aromatic rings. The number of carbonyl (C=O) groups excluding carboxylic acids is 1. The lowest BCUT2D eigenvalue weighted by atomic mass is 9.76. The van der Waals surface area contributed by atoms with E-state index in [4.69, 9.17) is 4.99 Å². The third-order valence-corrected chi connectivity index (χ3v) is 5.76. The number of aliphatic hydroxyl groups excluding tert-OH is 1. The Hall–Kier alpha value is -2.62. The van der Waals surface area contributed by atoms with Gasteiger partial charge in [0, 0.05) is 23.9 Å². The molecule has 2 N–H and O–H groups in total. The summed E-state index contributed by atoms with van der Waals surface area (Å²) in [7, 11) is 0. The van der Waals surface area contributed by atoms with Crippen LogP contribution in [0.2, 0.25) is 0 Å². The van der Waals surface area contributed by atoms with E-state index in [2.05, 4.69) is 30.1 Å². The summed E-state index contributed by atoms with van der Waals surface area (Å²) in [5, 5.41) is 11.7. The number of Topliss-reactive ketones (excluding diaryl/α,β-unsaturated/α-hetero) is 1. The maximum atomic E-state index is 12.9. The van der Waals surface area contributed by atoms with Crippen LogP contribution in [-0.4, -0.2) is 28.1 Å². The molecule has 2 heterocycles. The number of aromatic nitrogens is 1. The second kappa shape index (κ2) is 6.52. The molecular weight excluding hydrogens is 336 g/mol. The van der Waals surface area contributed by atoms with Crippen molar-refractivity contribution in [2.24, 2.45) is 16.8 Å². The van der Waals surface area contributed by atoms with Crippen molar-refractivity contribution in [3.63, 3.8) is 0 Å². The molecule has 1 aliphatic carbocycles. The number of hydrogen-bond donors (Lipinski definition) is 2. The first-order valence-corrected chi connectivity index (χ1v) is 9.67. The molecule has 140 valence electrons. The summed E-state index contributed by atoms with van der Waals surface area (Å²) in [5.74, 6) is 0.111. The maximum Gasteiger partial charge on any atom is 0.166 e. The van der Waals surface area contributed by atoms with Crippen molar-refractivity contribution < 1.29 is 9.90 Å². The van der Waals surface area contributed by atoms with Crippen LogP contribution in [0.3, 0.4) is 0 Å². The molecule has 0 saturated carbocycles. The van der Waals surface area contributed by atoms with Crippen molar-refractivity contribution in [1.82, 2.24) is 4.98 Å². The summed E-state index contributed by atoms with van der Waals surface area (Å²) in [6.07, 6.45) is 3.05. The SMILES string of the molecule is CC1=CC(O)=C(C(C)C)C(CC2=NCCc3c2[nH]c2cc(C)ccc32)C1=O. The van der Waals surface area contributed by atoms with Gasteiger partial charge in [0.05, 0.1) is 17.3 Å². The number of carbonyl (C=O) groups is 1. The predicted octanol–water partition coefficient (Wildman–Crippen LogP) is 4.82. The smallest absolute Gasteiger partial charge is 0.166 e. The zero-order valence-electron chi connectivity index (χ0n) is 16.4. The summed E-state index contributed by atoms with van der Waals surface area (Å²) in [4.78, 5) is 21.2. The molecule has 0 bridgehead atoms. The minimum absolute atomic E-state index is 0.0956. The zero-order valence-corrected chi connectivity index (χ0v) is 16.4. The van der Waals surface area contributed by atoms with Crippen molar-refractivity contribution >= 4 is 22.4 Å². The first kappa shape index (κ1) is 17.8. The lowest BCUT2D eigenvalue weighted by molar-refractivity contribution is -0.118. The largest absolute Gasteiger partial charge is 0.508 e. The number of benzene rings is 1. The van der Waals surface area contributed by atoms with Gasteiger partial charge in [-0.1, -0.05) is 26.0 Å². The number of rotatable bonds is 3. The van der Waals surface area contributed by atoms with E-state index in [-0.39, 0.29) is 23.4 Å². The van der Waals surface area contributed by atoms with Crippen LogP contribution in [0.1, 0.15) is 44.0 Å². The van der Waals surface area contributed by atoms with E-state index in [1.807, 2.05) is 13.8 Å². The molecule has 2 aliphatic rings. The molecule has 4 heteroatoms. The fourth-order valence-corrected chi connectivity index (χ4v) is 4.47. The van der Waals surface area contributed by atoms with Crippen molar-refractivity contribution in [2.45, 2.75) is 40.5 Å². The third-order valence-electron chi connectivity index (χ3n) is 5.76. The average molecular weight is 362 g/mol. The van der Waals surface area contributed by atoms with Gasteiger partial charge >= 0.3 is 0 Å².